The van der Waals surface area contributed by atoms with Crippen molar-refractivity contribution in [2.45, 2.75) is 26.6 Å². The van der Waals surface area contributed by atoms with Crippen LogP contribution in [-0.4, -0.2) is 63.4 Å². The second kappa shape index (κ2) is 8.17. The Kier molecular flexibility index (Phi) is 5.45. The van der Waals surface area contributed by atoms with Crippen LogP contribution < -0.4 is 0 Å². The number of aromatic amines is 1. The van der Waals surface area contributed by atoms with E-state index in [2.05, 4.69) is 15.4 Å². The number of amides is 2. The molecular weight excluding hydrogens is 482 g/mol. The largest absolute Gasteiger partial charge is 0.445 e. The fourth-order valence-electron chi connectivity index (χ4n) is 5.22. The van der Waals surface area contributed by atoms with Crippen molar-refractivity contribution in [1.29, 1.82) is 0 Å². The molecule has 3 aromatic rings. The molecule has 0 saturated carbocycles. The number of halogens is 4. The number of likely N-dealkylation sites (tertiary alicyclic amines) is 2. The molecule has 2 fully saturated rings. The molecule has 2 aliphatic rings. The van der Waals surface area contributed by atoms with Crippen LogP contribution in [0.3, 0.4) is 0 Å². The summed E-state index contributed by atoms with van der Waals surface area (Å²) in [6, 6.07) is 7.17. The maximum absolute atomic E-state index is 13.6. The summed E-state index contributed by atoms with van der Waals surface area (Å²) in [5, 5.41) is 10.5. The van der Waals surface area contributed by atoms with Gasteiger partial charge in [0, 0.05) is 42.6 Å². The molecule has 2 saturated heterocycles. The number of alkyl halides is 3. The molecule has 2 aromatic carbocycles. The number of hydrogen-bond acceptors (Lipinski definition) is 5. The van der Waals surface area contributed by atoms with Crippen molar-refractivity contribution < 1.29 is 31.9 Å². The Balaban J connectivity index is 1.24. The normalized spacial score (nSPS) is 23.8. The molecule has 2 atom stereocenters. The van der Waals surface area contributed by atoms with E-state index in [1.54, 1.807) is 23.1 Å². The third-order valence-electron chi connectivity index (χ3n) is 7.37. The first-order chi connectivity index (χ1) is 16.9. The van der Waals surface area contributed by atoms with Gasteiger partial charge in [-0.1, -0.05) is 13.8 Å². The minimum Gasteiger partial charge on any atom is -0.445 e. The van der Waals surface area contributed by atoms with Crippen molar-refractivity contribution in [1.82, 2.24) is 25.2 Å². The van der Waals surface area contributed by atoms with E-state index in [0.717, 1.165) is 12.1 Å². The number of rotatable bonds is 3. The van der Waals surface area contributed by atoms with Crippen LogP contribution in [0.15, 0.2) is 36.4 Å². The minimum absolute atomic E-state index is 0.0895. The molecule has 0 radical (unpaired) electrons. The number of ether oxygens (including phenoxy) is 1. The van der Waals surface area contributed by atoms with Gasteiger partial charge in [-0.2, -0.15) is 28.6 Å². The first kappa shape index (κ1) is 24.0. The summed E-state index contributed by atoms with van der Waals surface area (Å²) in [6.07, 6.45) is -5.40. The van der Waals surface area contributed by atoms with Gasteiger partial charge in [-0.15, -0.1) is 0 Å². The molecule has 2 aliphatic heterocycles. The lowest BCUT2D eigenvalue weighted by molar-refractivity contribution is -0.137. The zero-order valence-electron chi connectivity index (χ0n) is 19.5. The van der Waals surface area contributed by atoms with Gasteiger partial charge >= 0.3 is 12.3 Å². The molecule has 0 bridgehead atoms. The van der Waals surface area contributed by atoms with E-state index in [-0.39, 0.29) is 11.5 Å². The summed E-state index contributed by atoms with van der Waals surface area (Å²) in [7, 11) is 0. The Morgan fingerprint density at radius 3 is 2.28 bits per heavy atom. The van der Waals surface area contributed by atoms with E-state index in [9.17, 15) is 27.2 Å². The van der Waals surface area contributed by atoms with Crippen LogP contribution in [0.25, 0.3) is 11.0 Å². The van der Waals surface area contributed by atoms with Gasteiger partial charge in [-0.25, -0.2) is 9.18 Å². The van der Waals surface area contributed by atoms with Crippen molar-refractivity contribution in [3.05, 3.63) is 58.9 Å². The highest BCUT2D eigenvalue weighted by Gasteiger charge is 2.59. The molecule has 8 nitrogen and oxygen atoms in total. The topological polar surface area (TPSA) is 91.4 Å². The second-order valence-corrected chi connectivity index (χ2v) is 10.1. The standard InChI is InChI=1S/C24H23F4N5O3/c1-22-10-32(20(34)15-3-4-18-19(7-15)30-31-29-18)11-23(22,2)13-33(12-22)21(35)36-9-14-5-16(24(26,27)28)8-17(25)6-14/h3-8H,9-13H2,1-2H3,(H,29,30,31). The number of hydrogen-bond donors (Lipinski definition) is 1. The summed E-state index contributed by atoms with van der Waals surface area (Å²) < 4.78 is 57.7. The zero-order chi connectivity index (χ0) is 25.9. The third-order valence-corrected chi connectivity index (χ3v) is 7.37. The Hall–Kier alpha value is -3.70. The molecule has 0 aliphatic carbocycles. The van der Waals surface area contributed by atoms with Crippen LogP contribution in [0.2, 0.25) is 0 Å². The maximum Gasteiger partial charge on any atom is 0.416 e. The monoisotopic (exact) mass is 505 g/mol. The Bertz CT molecular complexity index is 1340. The summed E-state index contributed by atoms with van der Waals surface area (Å²) >= 11 is 0. The van der Waals surface area contributed by atoms with E-state index < -0.39 is 41.1 Å². The van der Waals surface area contributed by atoms with Gasteiger partial charge in [0.25, 0.3) is 5.91 Å². The van der Waals surface area contributed by atoms with Gasteiger partial charge in [-0.05, 0) is 42.0 Å². The van der Waals surface area contributed by atoms with Gasteiger partial charge in [0.05, 0.1) is 5.56 Å². The lowest BCUT2D eigenvalue weighted by Crippen LogP contribution is -2.38. The molecule has 1 aromatic heterocycles. The average molecular weight is 505 g/mol. The first-order valence-electron chi connectivity index (χ1n) is 11.3. The third kappa shape index (κ3) is 4.14. The Labute approximate surface area is 203 Å². The Morgan fingerprint density at radius 2 is 1.61 bits per heavy atom. The lowest BCUT2D eigenvalue weighted by atomic mass is 9.71. The van der Waals surface area contributed by atoms with E-state index in [4.69, 9.17) is 4.74 Å². The van der Waals surface area contributed by atoms with Crippen molar-refractivity contribution in [2.75, 3.05) is 26.2 Å². The molecule has 3 heterocycles. The van der Waals surface area contributed by atoms with Gasteiger partial charge < -0.3 is 14.5 Å². The highest BCUT2D eigenvalue weighted by molar-refractivity contribution is 5.97. The molecule has 190 valence electrons. The predicted octanol–water partition coefficient (Wildman–Crippen LogP) is 4.24. The van der Waals surface area contributed by atoms with Crippen molar-refractivity contribution in [3.63, 3.8) is 0 Å². The number of carbonyl (C=O) groups is 2. The van der Waals surface area contributed by atoms with Crippen LogP contribution in [0, 0.1) is 16.6 Å². The maximum atomic E-state index is 13.6. The second-order valence-electron chi connectivity index (χ2n) is 10.1. The summed E-state index contributed by atoms with van der Waals surface area (Å²) in [5.41, 5.74) is -0.319. The molecular formula is C24H23F4N5O3. The number of H-pyrrole nitrogens is 1. The molecule has 12 heteroatoms. The fourth-order valence-corrected chi connectivity index (χ4v) is 5.22. The zero-order valence-corrected chi connectivity index (χ0v) is 19.5. The number of benzene rings is 2. The van der Waals surface area contributed by atoms with Gasteiger partial charge in [0.15, 0.2) is 0 Å². The molecule has 36 heavy (non-hydrogen) atoms. The molecule has 2 amide bonds. The van der Waals surface area contributed by atoms with E-state index in [1.165, 1.54) is 4.90 Å². The van der Waals surface area contributed by atoms with Crippen molar-refractivity contribution in [2.24, 2.45) is 10.8 Å². The van der Waals surface area contributed by atoms with Gasteiger partial charge in [0.1, 0.15) is 23.5 Å². The fraction of sp³-hybridized carbons (Fsp3) is 0.417. The lowest BCUT2D eigenvalue weighted by Gasteiger charge is -2.29. The average Bonchev–Trinajstić information content (AvgIpc) is 3.44. The highest BCUT2D eigenvalue weighted by atomic mass is 19.4. The molecule has 1 N–H and O–H groups in total. The van der Waals surface area contributed by atoms with E-state index in [1.807, 2.05) is 13.8 Å². The quantitative estimate of drug-likeness (QED) is 0.538. The summed E-state index contributed by atoms with van der Waals surface area (Å²) in [5.74, 6) is -1.20. The SMILES string of the molecule is CC12CN(C(=O)OCc3cc(F)cc(C(F)(F)F)c3)CC1(C)CN(C(=O)c1ccc3n[nH]nc3c1)C2. The van der Waals surface area contributed by atoms with E-state index >= 15 is 0 Å². The number of aromatic nitrogens is 3. The van der Waals surface area contributed by atoms with Crippen LogP contribution >= 0.6 is 0 Å². The van der Waals surface area contributed by atoms with Crippen LogP contribution in [0.4, 0.5) is 22.4 Å². The minimum atomic E-state index is -4.71. The van der Waals surface area contributed by atoms with Crippen molar-refractivity contribution >= 4 is 23.0 Å². The number of fused-ring (bicyclic) bond motifs is 2. The van der Waals surface area contributed by atoms with Gasteiger partial charge in [-0.3, -0.25) is 4.79 Å². The molecule has 5 rings (SSSR count). The first-order valence-corrected chi connectivity index (χ1v) is 11.3. The van der Waals surface area contributed by atoms with Crippen LogP contribution in [0.5, 0.6) is 0 Å². The van der Waals surface area contributed by atoms with Crippen LogP contribution in [0.1, 0.15) is 35.3 Å². The van der Waals surface area contributed by atoms with Crippen LogP contribution in [-0.2, 0) is 17.5 Å². The predicted molar refractivity (Wildman–Crippen MR) is 119 cm³/mol. The van der Waals surface area contributed by atoms with Gasteiger partial charge in [0.2, 0.25) is 0 Å². The number of carbonyl (C=O) groups excluding carboxylic acids is 2. The highest BCUT2D eigenvalue weighted by Crippen LogP contribution is 2.52. The van der Waals surface area contributed by atoms with Crippen molar-refractivity contribution in [3.8, 4) is 0 Å². The summed E-state index contributed by atoms with van der Waals surface area (Å²) in [6.45, 7) is 4.96. The number of nitrogens with one attached hydrogen (secondary N) is 1. The number of nitrogens with zero attached hydrogens (tertiary/aromatic N) is 4. The Morgan fingerprint density at radius 1 is 0.972 bits per heavy atom. The smallest absolute Gasteiger partial charge is 0.416 e. The summed E-state index contributed by atoms with van der Waals surface area (Å²) in [4.78, 5) is 29.2. The molecule has 2 unspecified atom stereocenters. The van der Waals surface area contributed by atoms with E-state index in [0.29, 0.717) is 48.8 Å². The molecule has 0 spiro atoms.